The third kappa shape index (κ3) is 6.67. The van der Waals surface area contributed by atoms with E-state index < -0.39 is 15.9 Å². The lowest BCUT2D eigenvalue weighted by molar-refractivity contribution is -0.120. The van der Waals surface area contributed by atoms with Crippen LogP contribution in [-0.4, -0.2) is 20.9 Å². The van der Waals surface area contributed by atoms with Crippen molar-refractivity contribution in [2.24, 2.45) is 0 Å². The predicted octanol–water partition coefficient (Wildman–Crippen LogP) is 6.79. The minimum absolute atomic E-state index is 0.114. The van der Waals surface area contributed by atoms with Crippen LogP contribution >= 0.6 is 0 Å². The molecule has 0 aliphatic carbocycles. The van der Waals surface area contributed by atoms with E-state index in [-0.39, 0.29) is 17.5 Å². The minimum atomic E-state index is -4.03. The van der Waals surface area contributed by atoms with Gasteiger partial charge in [-0.15, -0.1) is 0 Å². The molecule has 1 amide bonds. The van der Waals surface area contributed by atoms with Crippen LogP contribution in [0, 0.1) is 27.7 Å². The number of hydrogen-bond acceptors (Lipinski definition) is 4. The summed E-state index contributed by atoms with van der Waals surface area (Å²) in [4.78, 5) is 13.4. The summed E-state index contributed by atoms with van der Waals surface area (Å²) in [5.41, 5.74) is 5.70. The molecule has 0 heterocycles. The fourth-order valence-corrected chi connectivity index (χ4v) is 5.82. The second kappa shape index (κ2) is 11.7. The van der Waals surface area contributed by atoms with Crippen LogP contribution < -0.4 is 14.4 Å². The van der Waals surface area contributed by atoms with Gasteiger partial charge in [-0.1, -0.05) is 48.0 Å². The van der Waals surface area contributed by atoms with Gasteiger partial charge in [0.25, 0.3) is 10.0 Å². The highest BCUT2D eigenvalue weighted by Crippen LogP contribution is 2.28. The number of amides is 1. The summed E-state index contributed by atoms with van der Waals surface area (Å²) in [6.07, 6.45) is 0. The molecule has 0 fully saturated rings. The zero-order valence-corrected chi connectivity index (χ0v) is 23.7. The number of carbonyl (C=O) groups excluding carboxylic acids is 1. The molecule has 4 aromatic carbocycles. The Hall–Kier alpha value is -4.10. The SMILES string of the molecule is Cc1ccc(S(=O)(=O)N(CC(=O)N[C@H](C)c2cc(C)c(C)cc2C)c2ccc(Oc3ccccc3)cc2)cc1. The quantitative estimate of drug-likeness (QED) is 0.253. The molecule has 0 saturated heterocycles. The third-order valence-corrected chi connectivity index (χ3v) is 8.51. The van der Waals surface area contributed by atoms with Crippen LogP contribution in [0.15, 0.2) is 95.9 Å². The number of rotatable bonds is 9. The fourth-order valence-electron chi connectivity index (χ4n) is 4.40. The van der Waals surface area contributed by atoms with Gasteiger partial charge in [0.1, 0.15) is 18.0 Å². The molecule has 0 radical (unpaired) electrons. The van der Waals surface area contributed by atoms with E-state index in [1.54, 1.807) is 48.5 Å². The normalized spacial score (nSPS) is 12.0. The second-order valence-corrected chi connectivity index (χ2v) is 11.7. The molecule has 0 unspecified atom stereocenters. The van der Waals surface area contributed by atoms with Crippen molar-refractivity contribution in [2.75, 3.05) is 10.8 Å². The Labute approximate surface area is 231 Å². The molecule has 0 bridgehead atoms. The molecule has 39 heavy (non-hydrogen) atoms. The Kier molecular flexibility index (Phi) is 8.41. The highest BCUT2D eigenvalue weighted by molar-refractivity contribution is 7.92. The van der Waals surface area contributed by atoms with Gasteiger partial charge in [-0.2, -0.15) is 0 Å². The van der Waals surface area contributed by atoms with Crippen LogP contribution in [0.3, 0.4) is 0 Å². The lowest BCUT2D eigenvalue weighted by Crippen LogP contribution is -2.41. The molecule has 1 N–H and O–H groups in total. The molecular formula is C32H34N2O4S. The highest BCUT2D eigenvalue weighted by Gasteiger charge is 2.28. The maximum Gasteiger partial charge on any atom is 0.264 e. The van der Waals surface area contributed by atoms with Crippen molar-refractivity contribution in [3.8, 4) is 11.5 Å². The molecule has 0 aliphatic rings. The summed E-state index contributed by atoms with van der Waals surface area (Å²) in [6, 6.07) is 26.5. The van der Waals surface area contributed by atoms with Crippen LogP contribution in [0.2, 0.25) is 0 Å². The molecule has 4 rings (SSSR count). The zero-order valence-electron chi connectivity index (χ0n) is 22.9. The van der Waals surface area contributed by atoms with Crippen LogP contribution in [0.5, 0.6) is 11.5 Å². The number of benzene rings is 4. The summed E-state index contributed by atoms with van der Waals surface area (Å²) in [6.45, 7) is 9.53. The lowest BCUT2D eigenvalue weighted by Gasteiger charge is -2.26. The van der Waals surface area contributed by atoms with Gasteiger partial charge in [-0.25, -0.2) is 8.42 Å². The topological polar surface area (TPSA) is 75.7 Å². The van der Waals surface area contributed by atoms with Crippen LogP contribution in [0.25, 0.3) is 0 Å². The highest BCUT2D eigenvalue weighted by atomic mass is 32.2. The summed E-state index contributed by atoms with van der Waals surface area (Å²) >= 11 is 0. The smallest absolute Gasteiger partial charge is 0.264 e. The molecule has 4 aromatic rings. The maximum atomic E-state index is 13.8. The predicted molar refractivity (Wildman–Crippen MR) is 156 cm³/mol. The van der Waals surface area contributed by atoms with Crippen molar-refractivity contribution in [3.63, 3.8) is 0 Å². The fraction of sp³-hybridized carbons (Fsp3) is 0.219. The summed E-state index contributed by atoms with van der Waals surface area (Å²) < 4.78 is 34.5. The first-order valence-corrected chi connectivity index (χ1v) is 14.3. The Balaban J connectivity index is 1.61. The Morgan fingerprint density at radius 2 is 1.38 bits per heavy atom. The monoisotopic (exact) mass is 542 g/mol. The van der Waals surface area contributed by atoms with Gasteiger partial charge in [0, 0.05) is 0 Å². The minimum Gasteiger partial charge on any atom is -0.457 e. The van der Waals surface area contributed by atoms with E-state index >= 15 is 0 Å². The van der Waals surface area contributed by atoms with E-state index in [0.29, 0.717) is 17.2 Å². The van der Waals surface area contributed by atoms with Gasteiger partial charge in [0.15, 0.2) is 0 Å². The number of para-hydroxylation sites is 1. The number of aryl methyl sites for hydroxylation is 4. The van der Waals surface area contributed by atoms with E-state index in [4.69, 9.17) is 4.74 Å². The van der Waals surface area contributed by atoms with E-state index in [1.807, 2.05) is 58.0 Å². The first kappa shape index (κ1) is 27.9. The number of hydrogen-bond donors (Lipinski definition) is 1. The molecule has 0 spiro atoms. The van der Waals surface area contributed by atoms with Crippen molar-refractivity contribution in [1.29, 1.82) is 0 Å². The lowest BCUT2D eigenvalue weighted by atomic mass is 9.96. The summed E-state index contributed by atoms with van der Waals surface area (Å²) in [5.74, 6) is 0.825. The number of ether oxygens (including phenoxy) is 1. The van der Waals surface area contributed by atoms with Crippen LogP contribution in [-0.2, 0) is 14.8 Å². The van der Waals surface area contributed by atoms with Crippen LogP contribution in [0.1, 0.15) is 40.8 Å². The standard InChI is InChI=1S/C32H34N2O4S/c1-22-11-17-30(18-12-22)39(36,37)34(27-13-15-29(16-14-27)38-28-9-7-6-8-10-28)21-32(35)33-26(5)31-20-24(3)23(2)19-25(31)4/h6-20,26H,21H2,1-5H3,(H,33,35)/t26-/m1/s1. The Bertz CT molecular complexity index is 1550. The van der Waals surface area contributed by atoms with Gasteiger partial charge in [-0.05, 0) is 105 Å². The van der Waals surface area contributed by atoms with E-state index in [1.165, 1.54) is 5.56 Å². The molecular weight excluding hydrogens is 508 g/mol. The average molecular weight is 543 g/mol. The maximum absolute atomic E-state index is 13.8. The van der Waals surface area contributed by atoms with E-state index in [2.05, 4.69) is 24.4 Å². The second-order valence-electron chi connectivity index (χ2n) is 9.82. The van der Waals surface area contributed by atoms with Crippen LogP contribution in [0.4, 0.5) is 5.69 Å². The largest absolute Gasteiger partial charge is 0.457 e. The number of nitrogens with zero attached hydrogens (tertiary/aromatic N) is 1. The molecule has 0 saturated carbocycles. The summed E-state index contributed by atoms with van der Waals surface area (Å²) in [7, 11) is -4.03. The summed E-state index contributed by atoms with van der Waals surface area (Å²) in [5, 5.41) is 2.99. The van der Waals surface area contributed by atoms with Crippen molar-refractivity contribution in [3.05, 3.63) is 119 Å². The van der Waals surface area contributed by atoms with E-state index in [9.17, 15) is 13.2 Å². The molecule has 6 nitrogen and oxygen atoms in total. The number of carbonyl (C=O) groups is 1. The van der Waals surface area contributed by atoms with Gasteiger partial charge in [0.05, 0.1) is 16.6 Å². The molecule has 0 aromatic heterocycles. The van der Waals surface area contributed by atoms with E-state index in [0.717, 1.165) is 26.6 Å². The van der Waals surface area contributed by atoms with Gasteiger partial charge in [0.2, 0.25) is 5.91 Å². The van der Waals surface area contributed by atoms with Crippen molar-refractivity contribution in [1.82, 2.24) is 5.32 Å². The Morgan fingerprint density at radius 3 is 2.03 bits per heavy atom. The number of anilines is 1. The zero-order chi connectivity index (χ0) is 28.2. The van der Waals surface area contributed by atoms with Crippen molar-refractivity contribution in [2.45, 2.75) is 45.6 Å². The molecule has 0 aliphatic heterocycles. The first-order valence-electron chi connectivity index (χ1n) is 12.8. The molecule has 202 valence electrons. The average Bonchev–Trinajstić information content (AvgIpc) is 2.90. The number of sulfonamides is 1. The van der Waals surface area contributed by atoms with Gasteiger partial charge < -0.3 is 10.1 Å². The third-order valence-electron chi connectivity index (χ3n) is 6.73. The molecule has 7 heteroatoms. The van der Waals surface area contributed by atoms with Gasteiger partial charge >= 0.3 is 0 Å². The first-order chi connectivity index (χ1) is 18.5. The van der Waals surface area contributed by atoms with Crippen molar-refractivity contribution < 1.29 is 17.9 Å². The number of nitrogens with one attached hydrogen (secondary N) is 1. The Morgan fingerprint density at radius 1 is 0.795 bits per heavy atom. The van der Waals surface area contributed by atoms with Gasteiger partial charge in [-0.3, -0.25) is 9.10 Å². The molecule has 1 atom stereocenters. The van der Waals surface area contributed by atoms with Crippen molar-refractivity contribution >= 4 is 21.6 Å².